The molecule has 0 unspecified atom stereocenters. The van der Waals surface area contributed by atoms with Crippen LogP contribution in [-0.4, -0.2) is 62.3 Å². The highest BCUT2D eigenvalue weighted by Gasteiger charge is 2.20. The van der Waals surface area contributed by atoms with E-state index in [1.807, 2.05) is 39.0 Å². The first-order valence-corrected chi connectivity index (χ1v) is 11.0. The van der Waals surface area contributed by atoms with E-state index in [1.54, 1.807) is 7.05 Å². The van der Waals surface area contributed by atoms with Gasteiger partial charge in [-0.3, -0.25) is 9.89 Å². The molecule has 1 aliphatic rings. The summed E-state index contributed by atoms with van der Waals surface area (Å²) in [4.78, 5) is 18.4. The number of hydrogen-bond donors (Lipinski definition) is 3. The number of benzene rings is 1. The quantitative estimate of drug-likeness (QED) is 0.203. The van der Waals surface area contributed by atoms with Gasteiger partial charge in [-0.1, -0.05) is 29.8 Å². The van der Waals surface area contributed by atoms with Crippen molar-refractivity contribution in [3.05, 3.63) is 34.9 Å². The Balaban J connectivity index is 0.00000480. The minimum Gasteiger partial charge on any atom is -0.444 e. The number of amides is 1. The van der Waals surface area contributed by atoms with Crippen molar-refractivity contribution in [3.63, 3.8) is 0 Å². The van der Waals surface area contributed by atoms with Gasteiger partial charge in [0.15, 0.2) is 5.96 Å². The fourth-order valence-electron chi connectivity index (χ4n) is 3.34. The molecule has 1 heterocycles. The standard InChI is InChI=1S/C22H36ClN5O2.HI/c1-22(2,3)30-21(29)26-12-11-25-20(24-4)27-15-17-9-13-28(14-10-17)16-18-7-5-6-8-19(18)23;/h5-8,17H,9-16H2,1-4H3,(H,26,29)(H2,24,25,27);1H. The minimum absolute atomic E-state index is 0. The van der Waals surface area contributed by atoms with Crippen LogP contribution in [0.3, 0.4) is 0 Å². The van der Waals surface area contributed by atoms with E-state index >= 15 is 0 Å². The number of piperidine rings is 1. The summed E-state index contributed by atoms with van der Waals surface area (Å²) in [5.41, 5.74) is 0.707. The van der Waals surface area contributed by atoms with Crippen molar-refractivity contribution in [3.8, 4) is 0 Å². The van der Waals surface area contributed by atoms with E-state index in [-0.39, 0.29) is 24.0 Å². The second-order valence-corrected chi connectivity index (χ2v) is 9.03. The molecule has 1 aromatic carbocycles. The Bertz CT molecular complexity index is 703. The molecule has 7 nitrogen and oxygen atoms in total. The number of alkyl carbamates (subject to hydrolysis) is 1. The number of carbonyl (C=O) groups is 1. The highest BCUT2D eigenvalue weighted by Crippen LogP contribution is 2.21. The first-order chi connectivity index (χ1) is 14.3. The van der Waals surface area contributed by atoms with Crippen molar-refractivity contribution < 1.29 is 9.53 Å². The number of carbonyl (C=O) groups excluding carboxylic acids is 1. The molecule has 9 heteroatoms. The third kappa shape index (κ3) is 11.2. The topological polar surface area (TPSA) is 78.0 Å². The van der Waals surface area contributed by atoms with Crippen LogP contribution in [-0.2, 0) is 11.3 Å². The highest BCUT2D eigenvalue weighted by atomic mass is 127. The van der Waals surface area contributed by atoms with Gasteiger partial charge < -0.3 is 20.7 Å². The molecule has 0 radical (unpaired) electrons. The fourth-order valence-corrected chi connectivity index (χ4v) is 3.53. The Morgan fingerprint density at radius 1 is 1.16 bits per heavy atom. The third-order valence-electron chi connectivity index (χ3n) is 4.93. The lowest BCUT2D eigenvalue weighted by atomic mass is 9.96. The van der Waals surface area contributed by atoms with Gasteiger partial charge in [0.1, 0.15) is 5.60 Å². The zero-order chi connectivity index (χ0) is 22.0. The van der Waals surface area contributed by atoms with E-state index in [1.165, 1.54) is 5.56 Å². The number of halogens is 2. The number of aliphatic imine (C=N–C) groups is 1. The number of guanidine groups is 1. The maximum absolute atomic E-state index is 11.6. The molecule has 0 saturated carbocycles. The fraction of sp³-hybridized carbons (Fsp3) is 0.636. The Kier molecular flexibility index (Phi) is 12.5. The van der Waals surface area contributed by atoms with E-state index in [9.17, 15) is 4.79 Å². The van der Waals surface area contributed by atoms with Crippen molar-refractivity contribution in [1.82, 2.24) is 20.9 Å². The molecule has 31 heavy (non-hydrogen) atoms. The summed E-state index contributed by atoms with van der Waals surface area (Å²) in [5, 5.41) is 10.2. The van der Waals surface area contributed by atoms with Gasteiger partial charge in [0.25, 0.3) is 0 Å². The van der Waals surface area contributed by atoms with Crippen LogP contribution in [0.5, 0.6) is 0 Å². The van der Waals surface area contributed by atoms with E-state index in [0.29, 0.717) is 19.0 Å². The van der Waals surface area contributed by atoms with Gasteiger partial charge in [0.05, 0.1) is 0 Å². The summed E-state index contributed by atoms with van der Waals surface area (Å²) in [5.74, 6) is 1.37. The first-order valence-electron chi connectivity index (χ1n) is 10.6. The zero-order valence-corrected chi connectivity index (χ0v) is 22.1. The molecule has 176 valence electrons. The van der Waals surface area contributed by atoms with Crippen molar-refractivity contribution in [1.29, 1.82) is 0 Å². The summed E-state index contributed by atoms with van der Waals surface area (Å²) < 4.78 is 5.22. The predicted molar refractivity (Wildman–Crippen MR) is 138 cm³/mol. The van der Waals surface area contributed by atoms with Crippen molar-refractivity contribution in [2.45, 2.75) is 45.8 Å². The van der Waals surface area contributed by atoms with Crippen molar-refractivity contribution >= 4 is 47.6 Å². The molecule has 0 bridgehead atoms. The van der Waals surface area contributed by atoms with Gasteiger partial charge in [0.2, 0.25) is 0 Å². The average molecular weight is 566 g/mol. The molecule has 0 aliphatic carbocycles. The van der Waals surface area contributed by atoms with Crippen LogP contribution >= 0.6 is 35.6 Å². The maximum Gasteiger partial charge on any atom is 0.407 e. The summed E-state index contributed by atoms with van der Waals surface area (Å²) >= 11 is 6.28. The molecule has 1 saturated heterocycles. The number of hydrogen-bond acceptors (Lipinski definition) is 4. The van der Waals surface area contributed by atoms with Gasteiger partial charge in [-0.2, -0.15) is 0 Å². The second kappa shape index (κ2) is 14.0. The number of nitrogens with zero attached hydrogens (tertiary/aromatic N) is 2. The lowest BCUT2D eigenvalue weighted by Gasteiger charge is -2.32. The zero-order valence-electron chi connectivity index (χ0n) is 19.0. The van der Waals surface area contributed by atoms with Crippen molar-refractivity contribution in [2.75, 3.05) is 39.8 Å². The normalized spacial score (nSPS) is 15.7. The molecular formula is C22H37ClIN5O2. The van der Waals surface area contributed by atoms with Gasteiger partial charge in [-0.05, 0) is 64.3 Å². The van der Waals surface area contributed by atoms with Crippen LogP contribution in [0.4, 0.5) is 4.79 Å². The van der Waals surface area contributed by atoms with E-state index < -0.39 is 11.7 Å². The van der Waals surface area contributed by atoms with Crippen LogP contribution in [0, 0.1) is 5.92 Å². The van der Waals surface area contributed by atoms with Crippen LogP contribution in [0.25, 0.3) is 0 Å². The number of nitrogens with one attached hydrogen (secondary N) is 3. The molecule has 1 aromatic rings. The largest absolute Gasteiger partial charge is 0.444 e. The minimum atomic E-state index is -0.488. The first kappa shape index (κ1) is 27.8. The van der Waals surface area contributed by atoms with Gasteiger partial charge in [0, 0.05) is 38.2 Å². The van der Waals surface area contributed by atoms with E-state index in [0.717, 1.165) is 50.0 Å². The molecular weight excluding hydrogens is 529 g/mol. The SMILES string of the molecule is CN=C(NCCNC(=O)OC(C)(C)C)NCC1CCN(Cc2ccccc2Cl)CC1.I. The van der Waals surface area contributed by atoms with Crippen LogP contribution in [0.2, 0.25) is 5.02 Å². The Morgan fingerprint density at radius 3 is 2.42 bits per heavy atom. The summed E-state index contributed by atoms with van der Waals surface area (Å²) in [6.45, 7) is 10.5. The third-order valence-corrected chi connectivity index (χ3v) is 5.30. The molecule has 0 spiro atoms. The van der Waals surface area contributed by atoms with Crippen LogP contribution in [0.1, 0.15) is 39.2 Å². The van der Waals surface area contributed by atoms with Crippen molar-refractivity contribution in [2.24, 2.45) is 10.9 Å². The molecule has 1 amide bonds. The van der Waals surface area contributed by atoms with Gasteiger partial charge >= 0.3 is 6.09 Å². The van der Waals surface area contributed by atoms with Crippen LogP contribution < -0.4 is 16.0 Å². The second-order valence-electron chi connectivity index (χ2n) is 8.62. The number of rotatable bonds is 7. The van der Waals surface area contributed by atoms with E-state index in [4.69, 9.17) is 16.3 Å². The lowest BCUT2D eigenvalue weighted by molar-refractivity contribution is 0.0529. The van der Waals surface area contributed by atoms with Gasteiger partial charge in [-0.15, -0.1) is 24.0 Å². The maximum atomic E-state index is 11.6. The van der Waals surface area contributed by atoms with Gasteiger partial charge in [-0.25, -0.2) is 4.79 Å². The number of ether oxygens (including phenoxy) is 1. The number of likely N-dealkylation sites (tertiary alicyclic amines) is 1. The summed E-state index contributed by atoms with van der Waals surface area (Å²) in [7, 11) is 1.75. The highest BCUT2D eigenvalue weighted by molar-refractivity contribution is 14.0. The van der Waals surface area contributed by atoms with Crippen LogP contribution in [0.15, 0.2) is 29.3 Å². The molecule has 1 fully saturated rings. The lowest BCUT2D eigenvalue weighted by Crippen LogP contribution is -2.45. The van der Waals surface area contributed by atoms with E-state index in [2.05, 4.69) is 31.9 Å². The molecule has 2 rings (SSSR count). The Labute approximate surface area is 208 Å². The molecule has 1 aliphatic heterocycles. The Morgan fingerprint density at radius 2 is 1.81 bits per heavy atom. The Hall–Kier alpha value is -1.26. The average Bonchev–Trinajstić information content (AvgIpc) is 2.69. The summed E-state index contributed by atoms with van der Waals surface area (Å²) in [6, 6.07) is 8.07. The molecule has 0 aromatic heterocycles. The monoisotopic (exact) mass is 565 g/mol. The summed E-state index contributed by atoms with van der Waals surface area (Å²) in [6.07, 6.45) is 1.89. The molecule has 3 N–H and O–H groups in total. The smallest absolute Gasteiger partial charge is 0.407 e. The molecule has 0 atom stereocenters. The predicted octanol–water partition coefficient (Wildman–Crippen LogP) is 3.86.